The lowest BCUT2D eigenvalue weighted by atomic mass is 9.86. The van der Waals surface area contributed by atoms with E-state index < -0.39 is 11.6 Å². The van der Waals surface area contributed by atoms with E-state index in [-0.39, 0.29) is 60.6 Å². The molecule has 3 aromatic rings. The Hall–Kier alpha value is -3.63. The number of aromatic nitrogens is 2. The van der Waals surface area contributed by atoms with Crippen molar-refractivity contribution in [1.29, 1.82) is 0 Å². The first-order valence-electron chi connectivity index (χ1n) is 13.3. The number of carbonyl (C=O) groups is 2. The summed E-state index contributed by atoms with van der Waals surface area (Å²) in [5, 5.41) is 11.9. The van der Waals surface area contributed by atoms with Gasteiger partial charge in [0.05, 0.1) is 35.6 Å². The van der Waals surface area contributed by atoms with Crippen LogP contribution in [0.15, 0.2) is 23.0 Å². The number of rotatable bonds is 7. The van der Waals surface area contributed by atoms with E-state index in [1.807, 2.05) is 13.8 Å². The first-order chi connectivity index (χ1) is 18.5. The van der Waals surface area contributed by atoms with Crippen LogP contribution in [0.1, 0.15) is 61.4 Å². The van der Waals surface area contributed by atoms with Gasteiger partial charge in [-0.2, -0.15) is 0 Å². The molecule has 3 N–H and O–H groups in total. The molecule has 2 aliphatic rings. The van der Waals surface area contributed by atoms with Crippen LogP contribution in [0.4, 0.5) is 4.39 Å². The van der Waals surface area contributed by atoms with E-state index >= 15 is 0 Å². The van der Waals surface area contributed by atoms with Gasteiger partial charge in [0.15, 0.2) is 5.60 Å². The number of aryl methyl sites for hydroxylation is 2. The van der Waals surface area contributed by atoms with Crippen LogP contribution in [-0.4, -0.2) is 50.6 Å². The van der Waals surface area contributed by atoms with Crippen LogP contribution in [0.3, 0.4) is 0 Å². The van der Waals surface area contributed by atoms with E-state index in [4.69, 9.17) is 15.5 Å². The third-order valence-corrected chi connectivity index (χ3v) is 8.03. The van der Waals surface area contributed by atoms with Gasteiger partial charge >= 0.3 is 5.97 Å². The molecule has 39 heavy (non-hydrogen) atoms. The van der Waals surface area contributed by atoms with Gasteiger partial charge < -0.3 is 25.0 Å². The third-order valence-electron chi connectivity index (χ3n) is 8.03. The summed E-state index contributed by atoms with van der Waals surface area (Å²) in [5.41, 5.74) is 7.52. The fourth-order valence-corrected chi connectivity index (χ4v) is 5.79. The number of aliphatic hydroxyl groups is 1. The average Bonchev–Trinajstić information content (AvgIpc) is 3.27. The Morgan fingerprint density at radius 2 is 2.03 bits per heavy atom. The number of esters is 1. The predicted octanol–water partition coefficient (Wildman–Crippen LogP) is 2.66. The monoisotopic (exact) mass is 536 g/mol. The van der Waals surface area contributed by atoms with Gasteiger partial charge in [0.25, 0.3) is 5.56 Å². The number of nitrogens with zero attached hydrogens (tertiary/aromatic N) is 3. The zero-order valence-corrected chi connectivity index (χ0v) is 22.6. The number of carbonyl (C=O) groups excluding carboxylic acids is 2. The lowest BCUT2D eigenvalue weighted by Gasteiger charge is -2.31. The number of cyclic esters (lactones) is 1. The molecule has 0 saturated heterocycles. The number of nitrogens with two attached hydrogens (primary N) is 1. The van der Waals surface area contributed by atoms with Gasteiger partial charge in [-0.25, -0.2) is 14.2 Å². The minimum atomic E-state index is -1.93. The average molecular weight is 537 g/mol. The Bertz CT molecular complexity index is 1580. The van der Waals surface area contributed by atoms with E-state index in [9.17, 15) is 23.9 Å². The highest BCUT2D eigenvalue weighted by molar-refractivity contribution is 5.89. The Kier molecular flexibility index (Phi) is 6.80. The third kappa shape index (κ3) is 4.22. The summed E-state index contributed by atoms with van der Waals surface area (Å²) in [7, 11) is 0. The zero-order chi connectivity index (χ0) is 28.2. The van der Waals surface area contributed by atoms with Crippen molar-refractivity contribution in [2.45, 2.75) is 71.8 Å². The highest BCUT2D eigenvalue weighted by Gasteiger charge is 2.45. The van der Waals surface area contributed by atoms with Crippen LogP contribution in [0.25, 0.3) is 22.3 Å². The molecular weight excluding hydrogens is 503 g/mol. The SMILES string of the molecule is CC[C@@]1(O)C(=O)OCc2c1cc1n(c2=O)Cc2c-1nc1cc(F)c(C)cc1c2CCCN(C(=O)CN)C(C)C. The van der Waals surface area contributed by atoms with Gasteiger partial charge in [-0.3, -0.25) is 9.59 Å². The Morgan fingerprint density at radius 3 is 2.69 bits per heavy atom. The van der Waals surface area contributed by atoms with Gasteiger partial charge in [0.1, 0.15) is 12.4 Å². The first kappa shape index (κ1) is 27.0. The molecule has 206 valence electrons. The number of amides is 1. The number of benzene rings is 1. The van der Waals surface area contributed by atoms with Crippen LogP contribution in [0, 0.1) is 12.7 Å². The molecule has 10 heteroatoms. The summed E-state index contributed by atoms with van der Waals surface area (Å²) in [4.78, 5) is 44.9. The van der Waals surface area contributed by atoms with Crippen molar-refractivity contribution in [3.8, 4) is 11.4 Å². The number of halogens is 1. The molecular formula is C29H33FN4O5. The lowest BCUT2D eigenvalue weighted by molar-refractivity contribution is -0.172. The fourth-order valence-electron chi connectivity index (χ4n) is 5.79. The molecule has 1 atom stereocenters. The molecule has 2 aromatic heterocycles. The molecule has 0 aliphatic carbocycles. The van der Waals surface area contributed by atoms with Crippen molar-refractivity contribution < 1.29 is 23.8 Å². The molecule has 5 rings (SSSR count). The maximum Gasteiger partial charge on any atom is 0.343 e. The fraction of sp³-hybridized carbons (Fsp3) is 0.448. The molecule has 0 bridgehead atoms. The van der Waals surface area contributed by atoms with Gasteiger partial charge in [0.2, 0.25) is 5.91 Å². The van der Waals surface area contributed by atoms with E-state index in [0.29, 0.717) is 41.9 Å². The number of hydrogen-bond donors (Lipinski definition) is 2. The largest absolute Gasteiger partial charge is 0.458 e. The normalized spacial score (nSPS) is 17.7. The van der Waals surface area contributed by atoms with Crippen molar-refractivity contribution in [3.63, 3.8) is 0 Å². The standard InChI is InChI=1S/C29H33FN4O5/c1-5-29(38)21-10-24-26-19(13-34(24)27(36)20(21)14-39-28(29)37)17(7-6-8-33(15(2)3)25(35)12-31)18-9-16(4)22(30)11-23(18)32-26/h9-11,15,38H,5-8,12-14,31H2,1-4H3/t29-/m0/s1. The van der Waals surface area contributed by atoms with Gasteiger partial charge in [0, 0.05) is 35.2 Å². The second kappa shape index (κ2) is 9.84. The zero-order valence-electron chi connectivity index (χ0n) is 22.6. The molecule has 0 saturated carbocycles. The molecule has 4 heterocycles. The minimum absolute atomic E-state index is 0.00585. The van der Waals surface area contributed by atoms with Crippen molar-refractivity contribution in [3.05, 3.63) is 62.2 Å². The molecule has 2 aliphatic heterocycles. The van der Waals surface area contributed by atoms with E-state index in [1.54, 1.807) is 35.4 Å². The molecule has 9 nitrogen and oxygen atoms in total. The van der Waals surface area contributed by atoms with Crippen LogP contribution in [-0.2, 0) is 39.5 Å². The topological polar surface area (TPSA) is 128 Å². The van der Waals surface area contributed by atoms with Crippen LogP contribution < -0.4 is 11.3 Å². The Labute approximate surface area is 225 Å². The van der Waals surface area contributed by atoms with E-state index in [0.717, 1.165) is 16.5 Å². The summed E-state index contributed by atoms with van der Waals surface area (Å²) in [6.07, 6.45) is 1.24. The van der Waals surface area contributed by atoms with Gasteiger partial charge in [-0.1, -0.05) is 6.92 Å². The predicted molar refractivity (Wildman–Crippen MR) is 143 cm³/mol. The quantitative estimate of drug-likeness (QED) is 0.348. The number of fused-ring (bicyclic) bond motifs is 5. The second-order valence-electron chi connectivity index (χ2n) is 10.6. The Balaban J connectivity index is 1.65. The van der Waals surface area contributed by atoms with Crippen LogP contribution in [0.2, 0.25) is 0 Å². The minimum Gasteiger partial charge on any atom is -0.458 e. The second-order valence-corrected chi connectivity index (χ2v) is 10.6. The maximum atomic E-state index is 14.6. The van der Waals surface area contributed by atoms with Crippen LogP contribution >= 0.6 is 0 Å². The highest BCUT2D eigenvalue weighted by atomic mass is 19.1. The van der Waals surface area contributed by atoms with E-state index in [1.165, 1.54) is 6.07 Å². The smallest absolute Gasteiger partial charge is 0.343 e. The summed E-state index contributed by atoms with van der Waals surface area (Å²) in [6.45, 7) is 7.70. The van der Waals surface area contributed by atoms with Crippen LogP contribution in [0.5, 0.6) is 0 Å². The maximum absolute atomic E-state index is 14.6. The molecule has 1 aromatic carbocycles. The molecule has 0 spiro atoms. The van der Waals surface area contributed by atoms with Crippen molar-refractivity contribution in [1.82, 2.24) is 14.5 Å². The summed E-state index contributed by atoms with van der Waals surface area (Å²) in [5.74, 6) is -1.30. The summed E-state index contributed by atoms with van der Waals surface area (Å²) < 4.78 is 21.4. The van der Waals surface area contributed by atoms with E-state index in [2.05, 4.69) is 0 Å². The number of pyridine rings is 2. The summed E-state index contributed by atoms with van der Waals surface area (Å²) >= 11 is 0. The molecule has 0 unspecified atom stereocenters. The Morgan fingerprint density at radius 1 is 1.28 bits per heavy atom. The molecule has 0 fully saturated rings. The first-order valence-corrected chi connectivity index (χ1v) is 13.3. The van der Waals surface area contributed by atoms with Crippen molar-refractivity contribution in [2.75, 3.05) is 13.1 Å². The number of hydrogen-bond acceptors (Lipinski definition) is 7. The van der Waals surface area contributed by atoms with Gasteiger partial charge in [-0.05, 0) is 63.3 Å². The number of ether oxygens (including phenoxy) is 1. The van der Waals surface area contributed by atoms with Crippen molar-refractivity contribution in [2.24, 2.45) is 5.73 Å². The molecule has 0 radical (unpaired) electrons. The summed E-state index contributed by atoms with van der Waals surface area (Å²) in [6, 6.07) is 4.82. The van der Waals surface area contributed by atoms with Crippen molar-refractivity contribution >= 4 is 22.8 Å². The highest BCUT2D eigenvalue weighted by Crippen LogP contribution is 2.40. The lowest BCUT2D eigenvalue weighted by Crippen LogP contribution is -2.44. The van der Waals surface area contributed by atoms with Gasteiger partial charge in [-0.15, -0.1) is 0 Å². The molecule has 1 amide bonds.